The van der Waals surface area contributed by atoms with Gasteiger partial charge in [-0.1, -0.05) is 19.3 Å². The molecule has 0 aliphatic heterocycles. The Morgan fingerprint density at radius 3 is 2.43 bits per heavy atom. The molecule has 1 aliphatic rings. The maximum Gasteiger partial charge on any atom is 0.0575 e. The number of nitrogens with zero attached hydrogens (tertiary/aromatic N) is 1. The second-order valence-electron chi connectivity index (χ2n) is 4.55. The molecule has 1 saturated carbocycles. The molecule has 0 spiro atoms. The molecule has 1 rings (SSSR count). The maximum atomic E-state index is 5.91. The standard InChI is InChI=1S/C11H24N2O/c1-13(14-2)9-8-11(10-12)6-4-3-5-7-11/h3-10,12H2,1-2H3. The van der Waals surface area contributed by atoms with Crippen LogP contribution in [0.3, 0.4) is 0 Å². The summed E-state index contributed by atoms with van der Waals surface area (Å²) in [5.41, 5.74) is 6.31. The number of nitrogens with two attached hydrogens (primary N) is 1. The highest BCUT2D eigenvalue weighted by atomic mass is 16.7. The molecule has 0 bridgehead atoms. The average Bonchev–Trinajstić information content (AvgIpc) is 2.27. The zero-order valence-corrected chi connectivity index (χ0v) is 9.59. The van der Waals surface area contributed by atoms with Crippen molar-refractivity contribution in [2.75, 3.05) is 27.2 Å². The molecule has 1 aliphatic carbocycles. The van der Waals surface area contributed by atoms with Gasteiger partial charge in [-0.25, -0.2) is 0 Å². The van der Waals surface area contributed by atoms with E-state index in [0.717, 1.165) is 13.1 Å². The third-order valence-corrected chi connectivity index (χ3v) is 3.62. The minimum Gasteiger partial charge on any atom is -0.330 e. The van der Waals surface area contributed by atoms with Crippen LogP contribution < -0.4 is 5.73 Å². The topological polar surface area (TPSA) is 38.5 Å². The van der Waals surface area contributed by atoms with Crippen molar-refractivity contribution in [3.05, 3.63) is 0 Å². The van der Waals surface area contributed by atoms with Crippen LogP contribution in [0.1, 0.15) is 38.5 Å². The molecule has 0 unspecified atom stereocenters. The second-order valence-corrected chi connectivity index (χ2v) is 4.55. The number of rotatable bonds is 5. The number of hydrogen-bond acceptors (Lipinski definition) is 3. The molecule has 0 radical (unpaired) electrons. The van der Waals surface area contributed by atoms with E-state index in [1.807, 2.05) is 12.1 Å². The second kappa shape index (κ2) is 5.69. The van der Waals surface area contributed by atoms with Crippen LogP contribution in [-0.2, 0) is 4.84 Å². The summed E-state index contributed by atoms with van der Waals surface area (Å²) in [6.07, 6.45) is 7.89. The number of hydroxylamine groups is 2. The lowest BCUT2D eigenvalue weighted by molar-refractivity contribution is -0.115. The summed E-state index contributed by atoms with van der Waals surface area (Å²) in [4.78, 5) is 5.12. The molecule has 84 valence electrons. The van der Waals surface area contributed by atoms with Gasteiger partial charge in [-0.2, -0.15) is 5.06 Å². The highest BCUT2D eigenvalue weighted by Gasteiger charge is 2.30. The highest BCUT2D eigenvalue weighted by Crippen LogP contribution is 2.38. The minimum absolute atomic E-state index is 0.408. The van der Waals surface area contributed by atoms with Crippen LogP contribution in [-0.4, -0.2) is 32.3 Å². The Labute approximate surface area is 87.6 Å². The monoisotopic (exact) mass is 200 g/mol. The molecular weight excluding hydrogens is 176 g/mol. The van der Waals surface area contributed by atoms with E-state index in [4.69, 9.17) is 10.6 Å². The van der Waals surface area contributed by atoms with Gasteiger partial charge in [-0.15, -0.1) is 0 Å². The molecule has 3 nitrogen and oxygen atoms in total. The lowest BCUT2D eigenvalue weighted by atomic mass is 9.72. The highest BCUT2D eigenvalue weighted by molar-refractivity contribution is 4.83. The molecule has 0 saturated heterocycles. The lowest BCUT2D eigenvalue weighted by Gasteiger charge is -2.37. The van der Waals surface area contributed by atoms with Crippen molar-refractivity contribution in [3.63, 3.8) is 0 Å². The van der Waals surface area contributed by atoms with Crippen molar-refractivity contribution >= 4 is 0 Å². The van der Waals surface area contributed by atoms with Gasteiger partial charge in [0.25, 0.3) is 0 Å². The van der Waals surface area contributed by atoms with Gasteiger partial charge in [0.2, 0.25) is 0 Å². The average molecular weight is 200 g/mol. The summed E-state index contributed by atoms with van der Waals surface area (Å²) < 4.78 is 0. The molecule has 0 aromatic carbocycles. The van der Waals surface area contributed by atoms with E-state index in [9.17, 15) is 0 Å². The Bertz CT molecular complexity index is 155. The van der Waals surface area contributed by atoms with Crippen molar-refractivity contribution in [2.45, 2.75) is 38.5 Å². The van der Waals surface area contributed by atoms with Crippen LogP contribution in [0.15, 0.2) is 0 Å². The van der Waals surface area contributed by atoms with Crippen LogP contribution in [0.2, 0.25) is 0 Å². The molecule has 0 aromatic rings. The van der Waals surface area contributed by atoms with Gasteiger partial charge >= 0.3 is 0 Å². The Morgan fingerprint density at radius 1 is 1.29 bits per heavy atom. The predicted octanol–water partition coefficient (Wildman–Crippen LogP) is 1.78. The van der Waals surface area contributed by atoms with Gasteiger partial charge in [-0.05, 0) is 31.2 Å². The first kappa shape index (κ1) is 12.0. The van der Waals surface area contributed by atoms with Crippen LogP contribution >= 0.6 is 0 Å². The van der Waals surface area contributed by atoms with E-state index in [0.29, 0.717) is 5.41 Å². The summed E-state index contributed by atoms with van der Waals surface area (Å²) in [6, 6.07) is 0. The van der Waals surface area contributed by atoms with Crippen LogP contribution in [0.4, 0.5) is 0 Å². The van der Waals surface area contributed by atoms with Crippen molar-refractivity contribution in [1.29, 1.82) is 0 Å². The van der Waals surface area contributed by atoms with Crippen LogP contribution in [0, 0.1) is 5.41 Å². The Balaban J connectivity index is 2.36. The van der Waals surface area contributed by atoms with Gasteiger partial charge in [0.05, 0.1) is 7.11 Å². The SMILES string of the molecule is CON(C)CCC1(CN)CCCCC1. The lowest BCUT2D eigenvalue weighted by Crippen LogP contribution is -2.36. The zero-order chi connectivity index (χ0) is 10.4. The summed E-state index contributed by atoms with van der Waals surface area (Å²) in [6.45, 7) is 1.83. The first-order valence-corrected chi connectivity index (χ1v) is 5.68. The van der Waals surface area contributed by atoms with E-state index in [1.165, 1.54) is 38.5 Å². The van der Waals surface area contributed by atoms with Gasteiger partial charge in [-0.3, -0.25) is 0 Å². The largest absolute Gasteiger partial charge is 0.330 e. The fourth-order valence-corrected chi connectivity index (χ4v) is 2.34. The van der Waals surface area contributed by atoms with Crippen LogP contribution in [0.5, 0.6) is 0 Å². The Kier molecular flexibility index (Phi) is 4.85. The zero-order valence-electron chi connectivity index (χ0n) is 9.59. The van der Waals surface area contributed by atoms with E-state index in [1.54, 1.807) is 7.11 Å². The van der Waals surface area contributed by atoms with Gasteiger partial charge in [0.1, 0.15) is 0 Å². The predicted molar refractivity (Wildman–Crippen MR) is 58.8 cm³/mol. The third kappa shape index (κ3) is 3.23. The van der Waals surface area contributed by atoms with E-state index in [-0.39, 0.29) is 0 Å². The first-order chi connectivity index (χ1) is 6.72. The summed E-state index contributed by atoms with van der Waals surface area (Å²) in [5, 5.41) is 1.89. The maximum absolute atomic E-state index is 5.91. The van der Waals surface area contributed by atoms with E-state index >= 15 is 0 Å². The van der Waals surface area contributed by atoms with Crippen molar-refractivity contribution in [3.8, 4) is 0 Å². The molecular formula is C11H24N2O. The van der Waals surface area contributed by atoms with E-state index < -0.39 is 0 Å². The van der Waals surface area contributed by atoms with Gasteiger partial charge in [0, 0.05) is 13.6 Å². The smallest absolute Gasteiger partial charge is 0.0575 e. The summed E-state index contributed by atoms with van der Waals surface area (Å²) in [5.74, 6) is 0. The van der Waals surface area contributed by atoms with Gasteiger partial charge in [0.15, 0.2) is 0 Å². The fourth-order valence-electron chi connectivity index (χ4n) is 2.34. The molecule has 3 heteroatoms. The van der Waals surface area contributed by atoms with E-state index in [2.05, 4.69) is 0 Å². The molecule has 0 heterocycles. The van der Waals surface area contributed by atoms with Crippen molar-refractivity contribution < 1.29 is 4.84 Å². The number of hydrogen-bond donors (Lipinski definition) is 1. The minimum atomic E-state index is 0.408. The van der Waals surface area contributed by atoms with Crippen molar-refractivity contribution in [1.82, 2.24) is 5.06 Å². The van der Waals surface area contributed by atoms with Crippen molar-refractivity contribution in [2.24, 2.45) is 11.1 Å². The van der Waals surface area contributed by atoms with Gasteiger partial charge < -0.3 is 10.6 Å². The fraction of sp³-hybridized carbons (Fsp3) is 1.00. The third-order valence-electron chi connectivity index (χ3n) is 3.62. The Morgan fingerprint density at radius 2 is 1.93 bits per heavy atom. The Hall–Kier alpha value is -0.120. The molecule has 0 aromatic heterocycles. The molecule has 0 amide bonds. The molecule has 14 heavy (non-hydrogen) atoms. The summed E-state index contributed by atoms with van der Waals surface area (Å²) >= 11 is 0. The van der Waals surface area contributed by atoms with Crippen LogP contribution in [0.25, 0.3) is 0 Å². The quantitative estimate of drug-likeness (QED) is 0.687. The molecule has 0 atom stereocenters. The molecule has 1 fully saturated rings. The molecule has 2 N–H and O–H groups in total. The summed E-state index contributed by atoms with van der Waals surface area (Å²) in [7, 11) is 3.70. The first-order valence-electron chi connectivity index (χ1n) is 5.68. The normalized spacial score (nSPS) is 21.4.